The van der Waals surface area contributed by atoms with Crippen LogP contribution in [-0.4, -0.2) is 44.0 Å². The summed E-state index contributed by atoms with van der Waals surface area (Å²) >= 11 is 0. The van der Waals surface area contributed by atoms with E-state index in [1.165, 1.54) is 20.0 Å². The van der Waals surface area contributed by atoms with E-state index in [9.17, 15) is 19.4 Å². The molecule has 1 heterocycles. The fourth-order valence-corrected chi connectivity index (χ4v) is 6.10. The number of hydrogen-bond donors (Lipinski definition) is 4. The van der Waals surface area contributed by atoms with Crippen molar-refractivity contribution in [3.8, 4) is 0 Å². The Morgan fingerprint density at radius 2 is 2.04 bits per heavy atom. The predicted octanol–water partition coefficient (Wildman–Crippen LogP) is 2.33. The summed E-state index contributed by atoms with van der Waals surface area (Å²) in [5.41, 5.74) is 4.17. The molecule has 0 aromatic carbocycles. The molecule has 1 aromatic rings. The molecule has 1 aromatic heterocycles. The van der Waals surface area contributed by atoms with E-state index in [0.29, 0.717) is 23.9 Å². The Balaban J connectivity index is 1.65. The first kappa shape index (κ1) is 19.6. The number of amides is 1. The van der Waals surface area contributed by atoms with Gasteiger partial charge in [0.05, 0.1) is 28.1 Å². The predicted molar refractivity (Wildman–Crippen MR) is 104 cm³/mol. The highest BCUT2D eigenvalue weighted by molar-refractivity contribution is 5.99. The number of halogens is 1. The Bertz CT molecular complexity index is 778. The zero-order valence-corrected chi connectivity index (χ0v) is 16.5. The van der Waals surface area contributed by atoms with Crippen LogP contribution in [0.5, 0.6) is 0 Å². The van der Waals surface area contributed by atoms with Gasteiger partial charge in [-0.1, -0.05) is 0 Å². The lowest BCUT2D eigenvalue weighted by Gasteiger charge is -2.60. The van der Waals surface area contributed by atoms with Crippen LogP contribution in [-0.2, 0) is 6.42 Å². The maximum Gasteiger partial charge on any atom is 0.252 e. The van der Waals surface area contributed by atoms with Gasteiger partial charge in [0, 0.05) is 18.2 Å². The molecule has 4 fully saturated rings. The number of nitrogens with zero attached hydrogens (tertiary/aromatic N) is 1. The number of pyridine rings is 1. The van der Waals surface area contributed by atoms with Crippen molar-refractivity contribution in [1.29, 1.82) is 0 Å². The second-order valence-corrected chi connectivity index (χ2v) is 9.96. The van der Waals surface area contributed by atoms with Crippen molar-refractivity contribution in [2.24, 2.45) is 17.6 Å². The molecule has 4 bridgehead atoms. The van der Waals surface area contributed by atoms with E-state index in [0.717, 1.165) is 32.1 Å². The first-order valence-electron chi connectivity index (χ1n) is 10.1. The molecule has 0 aliphatic heterocycles. The minimum absolute atomic E-state index is 0.178. The van der Waals surface area contributed by atoms with Gasteiger partial charge < -0.3 is 21.3 Å². The number of nitrogens with two attached hydrogens (primary N) is 1. The van der Waals surface area contributed by atoms with Crippen molar-refractivity contribution in [3.63, 3.8) is 0 Å². The van der Waals surface area contributed by atoms with Gasteiger partial charge in [0.15, 0.2) is 0 Å². The average Bonchev–Trinajstić information content (AvgIpc) is 2.50. The molecule has 5 N–H and O–H groups in total. The van der Waals surface area contributed by atoms with Crippen molar-refractivity contribution in [1.82, 2.24) is 4.98 Å². The first-order valence-corrected chi connectivity index (χ1v) is 10.1. The minimum atomic E-state index is -1.58. The molecule has 7 heteroatoms. The van der Waals surface area contributed by atoms with Crippen LogP contribution in [0.15, 0.2) is 12.3 Å². The number of carbonyl (C=O) groups is 1. The molecular formula is C21H30FN3O3. The number of alkyl halides is 1. The van der Waals surface area contributed by atoms with Crippen LogP contribution in [0.2, 0.25) is 0 Å². The third-order valence-corrected chi connectivity index (χ3v) is 6.85. The van der Waals surface area contributed by atoms with Crippen molar-refractivity contribution in [3.05, 3.63) is 23.5 Å². The number of hydrogen-bond acceptors (Lipinski definition) is 5. The van der Waals surface area contributed by atoms with E-state index in [2.05, 4.69) is 10.3 Å². The Labute approximate surface area is 164 Å². The SMILES string of the molecule is CC(C)(O)[C@H](F)Cc1nccc(NC23CC4CC(CC(O)(C4)C2)C3)c1C(N)=O. The highest BCUT2D eigenvalue weighted by Crippen LogP contribution is 2.58. The molecule has 0 radical (unpaired) electrons. The fourth-order valence-electron chi connectivity index (χ4n) is 6.10. The molecule has 28 heavy (non-hydrogen) atoms. The average molecular weight is 391 g/mol. The van der Waals surface area contributed by atoms with Crippen molar-refractivity contribution >= 4 is 11.6 Å². The highest BCUT2D eigenvalue weighted by atomic mass is 19.1. The number of primary amides is 1. The summed E-state index contributed by atoms with van der Waals surface area (Å²) in [6.45, 7) is 2.78. The molecule has 3 atom stereocenters. The minimum Gasteiger partial charge on any atom is -0.390 e. The van der Waals surface area contributed by atoms with Crippen LogP contribution in [0.4, 0.5) is 10.1 Å². The maximum absolute atomic E-state index is 14.4. The summed E-state index contributed by atoms with van der Waals surface area (Å²) in [7, 11) is 0. The molecule has 0 spiro atoms. The summed E-state index contributed by atoms with van der Waals surface area (Å²) in [6.07, 6.45) is 5.19. The Morgan fingerprint density at radius 3 is 2.57 bits per heavy atom. The molecule has 5 rings (SSSR count). The van der Waals surface area contributed by atoms with E-state index in [4.69, 9.17) is 5.73 Å². The van der Waals surface area contributed by atoms with Gasteiger partial charge in [0.25, 0.3) is 5.91 Å². The van der Waals surface area contributed by atoms with E-state index in [-0.39, 0.29) is 23.2 Å². The molecule has 2 unspecified atom stereocenters. The van der Waals surface area contributed by atoms with Crippen LogP contribution < -0.4 is 11.1 Å². The lowest BCUT2D eigenvalue weighted by atomic mass is 9.51. The van der Waals surface area contributed by atoms with Gasteiger partial charge in [-0.15, -0.1) is 0 Å². The zero-order valence-electron chi connectivity index (χ0n) is 16.5. The van der Waals surface area contributed by atoms with Gasteiger partial charge in [-0.25, -0.2) is 4.39 Å². The summed E-state index contributed by atoms with van der Waals surface area (Å²) in [4.78, 5) is 16.4. The number of anilines is 1. The Kier molecular flexibility index (Phi) is 4.47. The standard InChI is InChI=1S/C21H30FN3O3/c1-19(2,27)16(22)6-15-17(18(23)26)14(3-4-24-15)25-20-7-12-5-13(8-20)10-21(28,9-12)11-20/h3-4,12-13,16,27-28H,5-11H2,1-2H3,(H2,23,26)(H,24,25)/t12?,13?,16-,20?,21?/m1/s1. The molecule has 4 aliphatic carbocycles. The van der Waals surface area contributed by atoms with Gasteiger partial charge in [-0.3, -0.25) is 9.78 Å². The van der Waals surface area contributed by atoms with Gasteiger partial charge in [-0.2, -0.15) is 0 Å². The van der Waals surface area contributed by atoms with Gasteiger partial charge in [0.2, 0.25) is 0 Å². The van der Waals surface area contributed by atoms with Crippen LogP contribution in [0.1, 0.15) is 68.4 Å². The Hall–Kier alpha value is -1.73. The van der Waals surface area contributed by atoms with Crippen LogP contribution in [0.3, 0.4) is 0 Å². The third-order valence-electron chi connectivity index (χ3n) is 6.85. The van der Waals surface area contributed by atoms with E-state index in [1.807, 2.05) is 0 Å². The topological polar surface area (TPSA) is 108 Å². The van der Waals surface area contributed by atoms with E-state index in [1.54, 1.807) is 6.07 Å². The summed E-state index contributed by atoms with van der Waals surface area (Å²) < 4.78 is 14.4. The second-order valence-electron chi connectivity index (χ2n) is 9.96. The summed E-state index contributed by atoms with van der Waals surface area (Å²) in [5, 5.41) is 24.4. The molecule has 1 amide bonds. The highest BCUT2D eigenvalue weighted by Gasteiger charge is 2.57. The zero-order chi connectivity index (χ0) is 20.3. The van der Waals surface area contributed by atoms with E-state index >= 15 is 0 Å². The maximum atomic E-state index is 14.4. The molecule has 6 nitrogen and oxygen atoms in total. The summed E-state index contributed by atoms with van der Waals surface area (Å²) in [6, 6.07) is 1.70. The van der Waals surface area contributed by atoms with Crippen molar-refractivity contribution in [2.75, 3.05) is 5.32 Å². The van der Waals surface area contributed by atoms with Crippen molar-refractivity contribution in [2.45, 2.75) is 81.7 Å². The quantitative estimate of drug-likeness (QED) is 0.595. The fraction of sp³-hybridized carbons (Fsp3) is 0.714. The Morgan fingerprint density at radius 1 is 1.39 bits per heavy atom. The number of aromatic nitrogens is 1. The lowest BCUT2D eigenvalue weighted by Crippen LogP contribution is -2.62. The normalized spacial score (nSPS) is 35.0. The van der Waals surface area contributed by atoms with Crippen LogP contribution in [0.25, 0.3) is 0 Å². The smallest absolute Gasteiger partial charge is 0.252 e. The lowest BCUT2D eigenvalue weighted by molar-refractivity contribution is -0.127. The molecule has 4 aliphatic rings. The molecule has 154 valence electrons. The number of nitrogens with one attached hydrogen (secondary N) is 1. The van der Waals surface area contributed by atoms with Gasteiger partial charge in [0.1, 0.15) is 6.17 Å². The molecule has 0 saturated heterocycles. The number of rotatable bonds is 6. The van der Waals surface area contributed by atoms with E-state index < -0.39 is 23.3 Å². The largest absolute Gasteiger partial charge is 0.390 e. The second kappa shape index (κ2) is 6.39. The molecule has 4 saturated carbocycles. The van der Waals surface area contributed by atoms with Gasteiger partial charge >= 0.3 is 0 Å². The monoisotopic (exact) mass is 391 g/mol. The number of carbonyl (C=O) groups excluding carboxylic acids is 1. The van der Waals surface area contributed by atoms with Crippen LogP contribution in [0, 0.1) is 11.8 Å². The van der Waals surface area contributed by atoms with Gasteiger partial charge in [-0.05, 0) is 70.3 Å². The van der Waals surface area contributed by atoms with Crippen LogP contribution >= 0.6 is 0 Å². The third kappa shape index (κ3) is 3.50. The number of aliphatic hydroxyl groups is 2. The summed E-state index contributed by atoms with van der Waals surface area (Å²) in [5.74, 6) is 0.307. The molecular weight excluding hydrogens is 361 g/mol. The van der Waals surface area contributed by atoms with Crippen molar-refractivity contribution < 1.29 is 19.4 Å². The first-order chi connectivity index (χ1) is 13.0.